The van der Waals surface area contributed by atoms with Crippen molar-refractivity contribution in [1.29, 1.82) is 5.26 Å². The van der Waals surface area contributed by atoms with E-state index in [-0.39, 0.29) is 12.1 Å². The molecule has 1 aliphatic carbocycles. The summed E-state index contributed by atoms with van der Waals surface area (Å²) < 4.78 is 0. The molecule has 0 spiro atoms. The van der Waals surface area contributed by atoms with Gasteiger partial charge in [-0.05, 0) is 37.8 Å². The summed E-state index contributed by atoms with van der Waals surface area (Å²) >= 11 is 0. The molecule has 84 valence electrons. The van der Waals surface area contributed by atoms with Gasteiger partial charge in [0, 0.05) is 0 Å². The maximum Gasteiger partial charge on any atom is 0.142 e. The van der Waals surface area contributed by atoms with Crippen LogP contribution in [-0.4, -0.2) is 22.2 Å². The van der Waals surface area contributed by atoms with Crippen LogP contribution in [0.3, 0.4) is 0 Å². The molecule has 4 heteroatoms. The minimum Gasteiger partial charge on any atom is -0.394 e. The molecule has 2 rings (SSSR count). The molecule has 1 saturated carbocycles. The Morgan fingerprint density at radius 1 is 1.62 bits per heavy atom. The van der Waals surface area contributed by atoms with Crippen LogP contribution in [0.15, 0.2) is 18.2 Å². The number of anilines is 1. The molecule has 0 radical (unpaired) electrons. The Morgan fingerprint density at radius 3 is 2.94 bits per heavy atom. The summed E-state index contributed by atoms with van der Waals surface area (Å²) in [5, 5.41) is 21.4. The van der Waals surface area contributed by atoms with Gasteiger partial charge in [0.2, 0.25) is 0 Å². The molecular weight excluding hydrogens is 202 g/mol. The molecule has 0 amide bonds. The minimum atomic E-state index is -0.318. The fourth-order valence-electron chi connectivity index (χ4n) is 1.85. The predicted molar refractivity (Wildman–Crippen MR) is 60.8 cm³/mol. The first-order valence-electron chi connectivity index (χ1n) is 5.44. The molecule has 1 fully saturated rings. The van der Waals surface area contributed by atoms with Gasteiger partial charge in [0.25, 0.3) is 0 Å². The summed E-state index contributed by atoms with van der Waals surface area (Å²) in [6.45, 7) is 2.07. The van der Waals surface area contributed by atoms with Crippen molar-refractivity contribution in [2.45, 2.75) is 25.3 Å². The topological polar surface area (TPSA) is 68.9 Å². The fourth-order valence-corrected chi connectivity index (χ4v) is 1.85. The summed E-state index contributed by atoms with van der Waals surface area (Å²) in [6, 6.07) is 7.27. The Kier molecular flexibility index (Phi) is 2.80. The van der Waals surface area contributed by atoms with Gasteiger partial charge < -0.3 is 10.4 Å². The molecule has 4 nitrogen and oxygen atoms in total. The predicted octanol–water partition coefficient (Wildman–Crippen LogP) is 1.53. The second-order valence-corrected chi connectivity index (χ2v) is 4.49. The van der Waals surface area contributed by atoms with E-state index >= 15 is 0 Å². The smallest absolute Gasteiger partial charge is 0.142 e. The average Bonchev–Trinajstić information content (AvgIpc) is 3.13. The third kappa shape index (κ3) is 2.15. The first-order valence-corrected chi connectivity index (χ1v) is 5.44. The Labute approximate surface area is 94.9 Å². The van der Waals surface area contributed by atoms with Crippen molar-refractivity contribution in [3.05, 3.63) is 23.9 Å². The van der Waals surface area contributed by atoms with Crippen molar-refractivity contribution in [2.24, 2.45) is 5.92 Å². The second-order valence-electron chi connectivity index (χ2n) is 4.49. The number of aliphatic hydroxyl groups is 1. The maximum absolute atomic E-state index is 9.43. The number of aliphatic hydroxyl groups excluding tert-OH is 1. The molecule has 1 aliphatic rings. The van der Waals surface area contributed by atoms with Gasteiger partial charge in [-0.1, -0.05) is 6.07 Å². The van der Waals surface area contributed by atoms with Crippen LogP contribution in [-0.2, 0) is 0 Å². The van der Waals surface area contributed by atoms with Crippen LogP contribution < -0.4 is 5.32 Å². The zero-order valence-electron chi connectivity index (χ0n) is 9.27. The van der Waals surface area contributed by atoms with Crippen LogP contribution in [0.5, 0.6) is 0 Å². The van der Waals surface area contributed by atoms with E-state index in [1.807, 2.05) is 19.1 Å². The number of nitrogens with one attached hydrogen (secondary N) is 1. The van der Waals surface area contributed by atoms with Crippen LogP contribution in [0.4, 0.5) is 5.82 Å². The number of hydrogen-bond donors (Lipinski definition) is 2. The lowest BCUT2D eigenvalue weighted by molar-refractivity contribution is 0.205. The van der Waals surface area contributed by atoms with E-state index in [1.54, 1.807) is 12.1 Å². The van der Waals surface area contributed by atoms with Gasteiger partial charge in [-0.3, -0.25) is 0 Å². The number of rotatable bonds is 4. The van der Waals surface area contributed by atoms with Crippen LogP contribution in [0.1, 0.15) is 25.5 Å². The molecule has 0 saturated heterocycles. The number of nitriles is 1. The first-order chi connectivity index (χ1) is 7.68. The van der Waals surface area contributed by atoms with E-state index in [4.69, 9.17) is 5.26 Å². The molecule has 0 aliphatic heterocycles. The van der Waals surface area contributed by atoms with Gasteiger partial charge in [-0.25, -0.2) is 4.98 Å². The molecule has 1 heterocycles. The van der Waals surface area contributed by atoms with Crippen LogP contribution in [0.2, 0.25) is 0 Å². The Morgan fingerprint density at radius 2 is 2.38 bits per heavy atom. The van der Waals surface area contributed by atoms with Crippen molar-refractivity contribution >= 4 is 5.82 Å². The molecule has 0 aromatic carbocycles. The molecule has 0 bridgehead atoms. The molecule has 1 unspecified atom stereocenters. The van der Waals surface area contributed by atoms with E-state index in [0.29, 0.717) is 17.4 Å². The normalized spacial score (nSPS) is 18.6. The molecule has 1 aromatic heterocycles. The largest absolute Gasteiger partial charge is 0.394 e. The highest BCUT2D eigenvalue weighted by Gasteiger charge is 2.41. The Balaban J connectivity index is 2.16. The zero-order chi connectivity index (χ0) is 11.6. The van der Waals surface area contributed by atoms with Crippen molar-refractivity contribution in [3.8, 4) is 6.07 Å². The number of nitrogens with zero attached hydrogens (tertiary/aromatic N) is 2. The lowest BCUT2D eigenvalue weighted by Gasteiger charge is -2.29. The van der Waals surface area contributed by atoms with Gasteiger partial charge in [0.05, 0.1) is 12.1 Å². The lowest BCUT2D eigenvalue weighted by Crippen LogP contribution is -2.41. The van der Waals surface area contributed by atoms with E-state index in [0.717, 1.165) is 12.8 Å². The highest BCUT2D eigenvalue weighted by molar-refractivity contribution is 5.41. The summed E-state index contributed by atoms with van der Waals surface area (Å²) in [4.78, 5) is 4.15. The van der Waals surface area contributed by atoms with Crippen LogP contribution >= 0.6 is 0 Å². The highest BCUT2D eigenvalue weighted by Crippen LogP contribution is 2.40. The molecule has 16 heavy (non-hydrogen) atoms. The SMILES string of the molecule is CC(CO)(Nc1cccc(C#N)n1)C1CC1. The van der Waals surface area contributed by atoms with E-state index < -0.39 is 0 Å². The number of hydrogen-bond acceptors (Lipinski definition) is 4. The first kappa shape index (κ1) is 10.9. The highest BCUT2D eigenvalue weighted by atomic mass is 16.3. The van der Waals surface area contributed by atoms with Crippen molar-refractivity contribution in [3.63, 3.8) is 0 Å². The van der Waals surface area contributed by atoms with Crippen molar-refractivity contribution in [2.75, 3.05) is 11.9 Å². The fraction of sp³-hybridized carbons (Fsp3) is 0.500. The van der Waals surface area contributed by atoms with E-state index in [2.05, 4.69) is 10.3 Å². The van der Waals surface area contributed by atoms with Gasteiger partial charge >= 0.3 is 0 Å². The van der Waals surface area contributed by atoms with Gasteiger partial charge in [0.15, 0.2) is 0 Å². The Bertz CT molecular complexity index is 423. The van der Waals surface area contributed by atoms with Crippen molar-refractivity contribution < 1.29 is 5.11 Å². The standard InChI is InChI=1S/C12H15N3O/c1-12(8-16,9-5-6-9)15-11-4-2-3-10(7-13)14-11/h2-4,9,16H,5-6,8H2,1H3,(H,14,15). The lowest BCUT2D eigenvalue weighted by atomic mass is 9.97. The average molecular weight is 217 g/mol. The number of pyridine rings is 1. The summed E-state index contributed by atoms with van der Waals surface area (Å²) in [5.41, 5.74) is 0.0715. The van der Waals surface area contributed by atoms with E-state index in [9.17, 15) is 5.11 Å². The summed E-state index contributed by atoms with van der Waals surface area (Å²) in [5.74, 6) is 1.16. The van der Waals surface area contributed by atoms with Crippen LogP contribution in [0.25, 0.3) is 0 Å². The van der Waals surface area contributed by atoms with Crippen LogP contribution in [0, 0.1) is 17.2 Å². The minimum absolute atomic E-state index is 0.0795. The number of aromatic nitrogens is 1. The zero-order valence-corrected chi connectivity index (χ0v) is 9.27. The van der Waals surface area contributed by atoms with Crippen molar-refractivity contribution in [1.82, 2.24) is 4.98 Å². The van der Waals surface area contributed by atoms with Gasteiger partial charge in [-0.2, -0.15) is 5.26 Å². The maximum atomic E-state index is 9.43. The second kappa shape index (κ2) is 4.11. The third-order valence-electron chi connectivity index (χ3n) is 3.08. The molecule has 1 atom stereocenters. The van der Waals surface area contributed by atoms with Gasteiger partial charge in [0.1, 0.15) is 17.6 Å². The monoisotopic (exact) mass is 217 g/mol. The van der Waals surface area contributed by atoms with E-state index in [1.165, 1.54) is 0 Å². The molecular formula is C12H15N3O. The van der Waals surface area contributed by atoms with Gasteiger partial charge in [-0.15, -0.1) is 0 Å². The third-order valence-corrected chi connectivity index (χ3v) is 3.08. The summed E-state index contributed by atoms with van der Waals surface area (Å²) in [7, 11) is 0. The summed E-state index contributed by atoms with van der Waals surface area (Å²) in [6.07, 6.45) is 2.28. The molecule has 1 aromatic rings. The Hall–Kier alpha value is -1.60. The quantitative estimate of drug-likeness (QED) is 0.802. The molecule has 2 N–H and O–H groups in total.